The van der Waals surface area contributed by atoms with Crippen LogP contribution in [0.3, 0.4) is 0 Å². The van der Waals surface area contributed by atoms with Crippen molar-refractivity contribution in [3.8, 4) is 5.75 Å². The summed E-state index contributed by atoms with van der Waals surface area (Å²) in [5.41, 5.74) is 3.49. The number of aromatic nitrogens is 2. The van der Waals surface area contributed by atoms with Crippen LogP contribution in [0.2, 0.25) is 5.02 Å². The normalized spacial score (nSPS) is 24.5. The van der Waals surface area contributed by atoms with E-state index in [1.54, 1.807) is 58.4 Å². The highest BCUT2D eigenvalue weighted by atomic mass is 35.5. The van der Waals surface area contributed by atoms with Crippen LogP contribution in [0.15, 0.2) is 60.3 Å². The second-order valence-electron chi connectivity index (χ2n) is 21.3. The topological polar surface area (TPSA) is 304 Å². The molecule has 3 aliphatic heterocycles. The number of hydrogen-bond donors (Lipinski definition) is 6. The highest BCUT2D eigenvalue weighted by Crippen LogP contribution is 2.49. The van der Waals surface area contributed by atoms with Gasteiger partial charge in [-0.05, 0) is 76.6 Å². The number of halogens is 1. The molecular weight excluding hydrogens is 1100 g/mol. The predicted octanol–water partition coefficient (Wildman–Crippen LogP) is 3.41. The zero-order valence-electron chi connectivity index (χ0n) is 48.9. The van der Waals surface area contributed by atoms with Gasteiger partial charge in [0.15, 0.2) is 5.72 Å². The van der Waals surface area contributed by atoms with E-state index < -0.39 is 102 Å². The maximum Gasteiger partial charge on any atom is 0.409 e. The van der Waals surface area contributed by atoms with Crippen molar-refractivity contribution in [1.82, 2.24) is 40.8 Å². The summed E-state index contributed by atoms with van der Waals surface area (Å²) in [6, 6.07) is 7.05. The average molecular weight is 1180 g/mol. The number of aliphatic carboxylic acids is 1. The number of aryl methyl sites for hydroxylation is 1. The number of ether oxygens (including phenoxy) is 7. The Bertz CT molecular complexity index is 2870. The number of alkyl carbamates (subject to hydrolysis) is 1. The number of hydrogen-bond acceptors (Lipinski definition) is 18. The van der Waals surface area contributed by atoms with Gasteiger partial charge in [-0.2, -0.15) is 0 Å². The third kappa shape index (κ3) is 17.2. The number of carboxylic acids is 1. The molecule has 6 N–H and O–H groups in total. The minimum absolute atomic E-state index is 0.00941. The van der Waals surface area contributed by atoms with Crippen LogP contribution >= 0.6 is 11.6 Å². The van der Waals surface area contributed by atoms with Gasteiger partial charge in [-0.1, -0.05) is 42.3 Å². The fourth-order valence-electron chi connectivity index (χ4n) is 10.1. The van der Waals surface area contributed by atoms with Gasteiger partial charge >= 0.3 is 18.0 Å². The monoisotopic (exact) mass is 1180 g/mol. The summed E-state index contributed by atoms with van der Waals surface area (Å²) in [7, 11) is 9.54. The van der Waals surface area contributed by atoms with Gasteiger partial charge in [-0.15, -0.1) is 0 Å². The summed E-state index contributed by atoms with van der Waals surface area (Å²) in [5.74, 6) is -4.17. The number of carbonyl (C=O) groups is 7. The Morgan fingerprint density at radius 1 is 1.05 bits per heavy atom. The number of likely N-dealkylation sites (N-methyl/N-ethyl adjacent to an activating group) is 1. The second-order valence-corrected chi connectivity index (χ2v) is 21.6. The van der Waals surface area contributed by atoms with Crippen LogP contribution in [0.25, 0.3) is 11.0 Å². The molecule has 2 aromatic heterocycles. The second kappa shape index (κ2) is 29.7. The lowest BCUT2D eigenvalue weighted by Crippen LogP contribution is -2.63. The number of aliphatic hydroxyl groups is 1. The van der Waals surface area contributed by atoms with E-state index in [4.69, 9.17) is 44.8 Å². The predicted molar refractivity (Wildman–Crippen MR) is 304 cm³/mol. The number of esters is 1. The van der Waals surface area contributed by atoms with Gasteiger partial charge in [0.1, 0.15) is 52.4 Å². The van der Waals surface area contributed by atoms with E-state index in [0.717, 1.165) is 22.2 Å². The molecule has 5 amide bonds. The fraction of sp³-hybridized carbons (Fsp3) is 0.579. The summed E-state index contributed by atoms with van der Waals surface area (Å²) in [6.07, 6.45) is 1.43. The molecule has 2 fully saturated rings. The number of anilines is 1. The SMILES string of the molecule is CNN(C)Cc1cc2cccnc2n1CCC(=O)N[C@@H](CCC(=O)O)C(=O)NCCOCCOCCC(=O)N(C)[C@@H](C)C(=O)O[C@H]1CC(=O)N(C)c2cc(cc(OC)c2Cl)C/C(C)=C/C=C/[C@@H](OC)[C@@]2(O)C[C@H](OC(=O)N2)[C@@H](C)[C@@H]2O[C@]12C. The number of allylic oxidation sites excluding steroid dienone is 3. The Morgan fingerprint density at radius 3 is 2.48 bits per heavy atom. The first-order valence-electron chi connectivity index (χ1n) is 27.5. The average Bonchev–Trinajstić information content (AvgIpc) is 2.27. The number of rotatable bonds is 25. The Labute approximate surface area is 488 Å². The minimum atomic E-state index is -1.89. The molecule has 2 saturated heterocycles. The van der Waals surface area contributed by atoms with E-state index in [0.29, 0.717) is 30.0 Å². The Morgan fingerprint density at radius 2 is 1.78 bits per heavy atom. The number of fused-ring (bicyclic) bond motifs is 6. The molecule has 1 aromatic carbocycles. The van der Waals surface area contributed by atoms with Crippen LogP contribution in [-0.4, -0.2) is 195 Å². The van der Waals surface area contributed by atoms with E-state index in [1.165, 1.54) is 38.0 Å². The largest absolute Gasteiger partial charge is 0.495 e. The fourth-order valence-corrected chi connectivity index (χ4v) is 10.4. The first-order chi connectivity index (χ1) is 39.4. The first kappa shape index (κ1) is 65.4. The van der Waals surface area contributed by atoms with Gasteiger partial charge in [0, 0.05) is 83.8 Å². The lowest BCUT2D eigenvalue weighted by molar-refractivity contribution is -0.162. The third-order valence-corrected chi connectivity index (χ3v) is 15.7. The Balaban J connectivity index is 1.00. The van der Waals surface area contributed by atoms with Crippen LogP contribution in [0.5, 0.6) is 5.75 Å². The molecule has 6 rings (SSSR count). The number of epoxide rings is 1. The molecule has 25 nitrogen and oxygen atoms in total. The van der Waals surface area contributed by atoms with E-state index >= 15 is 0 Å². The molecule has 0 aliphatic carbocycles. The zero-order chi connectivity index (χ0) is 60.8. The summed E-state index contributed by atoms with van der Waals surface area (Å²) in [5, 5.41) is 32.1. The van der Waals surface area contributed by atoms with Crippen molar-refractivity contribution in [3.05, 3.63) is 76.6 Å². The maximum atomic E-state index is 14.4. The van der Waals surface area contributed by atoms with E-state index in [9.17, 15) is 43.8 Å². The summed E-state index contributed by atoms with van der Waals surface area (Å²) in [6.45, 7) is 7.90. The molecule has 9 atom stereocenters. The Hall–Kier alpha value is -6.71. The van der Waals surface area contributed by atoms with Crippen LogP contribution < -0.4 is 31.0 Å². The molecule has 456 valence electrons. The van der Waals surface area contributed by atoms with Gasteiger partial charge in [0.25, 0.3) is 0 Å². The quantitative estimate of drug-likeness (QED) is 0.0307. The van der Waals surface area contributed by atoms with E-state index in [1.807, 2.05) is 47.8 Å². The van der Waals surface area contributed by atoms with Crippen molar-refractivity contribution in [1.29, 1.82) is 0 Å². The first-order valence-corrected chi connectivity index (χ1v) is 27.9. The van der Waals surface area contributed by atoms with Crippen molar-refractivity contribution in [3.63, 3.8) is 0 Å². The molecule has 26 heteroatoms. The van der Waals surface area contributed by atoms with Crippen LogP contribution in [0.4, 0.5) is 10.5 Å². The van der Waals surface area contributed by atoms with Gasteiger partial charge < -0.3 is 68.4 Å². The van der Waals surface area contributed by atoms with E-state index in [-0.39, 0.29) is 76.6 Å². The number of hydrazine groups is 1. The highest BCUT2D eigenvalue weighted by Gasteiger charge is 2.64. The lowest BCUT2D eigenvalue weighted by atomic mass is 9.83. The smallest absolute Gasteiger partial charge is 0.409 e. The highest BCUT2D eigenvalue weighted by molar-refractivity contribution is 6.35. The zero-order valence-corrected chi connectivity index (χ0v) is 49.6. The van der Waals surface area contributed by atoms with Gasteiger partial charge in [0.2, 0.25) is 23.6 Å². The standard InChI is InChI=1S/C57H80ClN9O16/c1-34-13-11-15-44(78-10)57(76)32-43(81-55(75)63-57)35(2)51-56(4,83-51)45(31-48(70)66(8)41-28-37(27-34)29-42(77-9)50(41)58)82-54(74)36(3)65(7)47(69)19-23-79-25-26-80-24-21-61-53(73)40(16-17-49(71)72)62-46(68)18-22-67-39(33-64(6)59-5)30-38-14-12-20-60-52(38)67/h11-15,20,28-30,35-36,40,43-45,51,59,76H,16-19,21-27,31-33H2,1-10H3,(H,61,73)(H,62,68)(H,63,75)(H,71,72)/b15-11+,34-13+/t35-,36+,40+,43+,44-,45+,51+,56-,57+/m1/s1. The maximum absolute atomic E-state index is 14.4. The number of pyridine rings is 1. The van der Waals surface area contributed by atoms with Crippen molar-refractivity contribution < 1.29 is 76.9 Å². The number of nitrogens with zero attached hydrogens (tertiary/aromatic N) is 5. The third-order valence-electron chi connectivity index (χ3n) is 15.3. The van der Waals surface area contributed by atoms with Crippen LogP contribution in [0.1, 0.15) is 77.5 Å². The minimum Gasteiger partial charge on any atom is -0.495 e. The van der Waals surface area contributed by atoms with Gasteiger partial charge in [0.05, 0.1) is 64.7 Å². The Kier molecular flexibility index (Phi) is 23.4. The number of carbonyl (C=O) groups excluding carboxylic acids is 6. The number of benzene rings is 1. The summed E-state index contributed by atoms with van der Waals surface area (Å²) in [4.78, 5) is 99.7. The van der Waals surface area contributed by atoms with Crippen LogP contribution in [-0.2, 0) is 76.7 Å². The van der Waals surface area contributed by atoms with Crippen molar-refractivity contribution in [2.24, 2.45) is 5.92 Å². The van der Waals surface area contributed by atoms with Gasteiger partial charge in [-0.25, -0.2) is 19.6 Å². The number of carboxylic acid groups (broad SMARTS) is 1. The van der Waals surface area contributed by atoms with E-state index in [2.05, 4.69) is 26.4 Å². The van der Waals surface area contributed by atoms with Crippen LogP contribution in [0, 0.1) is 5.92 Å². The number of nitrogens with one attached hydrogen (secondary N) is 4. The number of methoxy groups -OCH3 is 2. The summed E-state index contributed by atoms with van der Waals surface area (Å²) >= 11 is 6.82. The lowest BCUT2D eigenvalue weighted by Gasteiger charge is -2.42. The molecule has 3 aliphatic rings. The molecule has 5 heterocycles. The van der Waals surface area contributed by atoms with Crippen molar-refractivity contribution in [2.45, 2.75) is 134 Å². The van der Waals surface area contributed by atoms with Crippen molar-refractivity contribution >= 4 is 70.0 Å². The molecule has 4 bridgehead atoms. The summed E-state index contributed by atoms with van der Waals surface area (Å²) < 4.78 is 42.6. The molecular formula is C57H80ClN9O16. The molecule has 0 radical (unpaired) electrons. The molecule has 0 unspecified atom stereocenters. The number of amides is 5. The molecule has 83 heavy (non-hydrogen) atoms. The van der Waals surface area contributed by atoms with Gasteiger partial charge in [-0.3, -0.25) is 34.7 Å². The molecule has 0 spiro atoms. The molecule has 3 aromatic rings. The molecule has 0 saturated carbocycles. The van der Waals surface area contributed by atoms with Crippen molar-refractivity contribution in [2.75, 3.05) is 80.3 Å².